The fourth-order valence-electron chi connectivity index (χ4n) is 2.87. The predicted octanol–water partition coefficient (Wildman–Crippen LogP) is 2.47. The van der Waals surface area contributed by atoms with Crippen LogP contribution in [0.5, 0.6) is 0 Å². The van der Waals surface area contributed by atoms with Crippen LogP contribution in [0.4, 0.5) is 4.79 Å². The molecule has 6 nitrogen and oxygen atoms in total. The second kappa shape index (κ2) is 6.51. The molecular formula is C17H30N4O2. The molecule has 1 saturated heterocycles. The summed E-state index contributed by atoms with van der Waals surface area (Å²) in [5, 5.41) is 7.77. The van der Waals surface area contributed by atoms with E-state index in [1.807, 2.05) is 43.6 Å². The smallest absolute Gasteiger partial charge is 0.410 e. The minimum Gasteiger partial charge on any atom is -0.444 e. The topological polar surface area (TPSA) is 59.4 Å². The lowest BCUT2D eigenvalue weighted by Gasteiger charge is -2.27. The highest BCUT2D eigenvalue weighted by molar-refractivity contribution is 5.68. The van der Waals surface area contributed by atoms with Crippen LogP contribution < -0.4 is 5.32 Å². The van der Waals surface area contributed by atoms with E-state index in [4.69, 9.17) is 4.74 Å². The summed E-state index contributed by atoms with van der Waals surface area (Å²) < 4.78 is 7.35. The maximum Gasteiger partial charge on any atom is 0.410 e. The predicted molar refractivity (Wildman–Crippen MR) is 90.2 cm³/mol. The Bertz CT molecular complexity index is 561. The van der Waals surface area contributed by atoms with E-state index < -0.39 is 5.60 Å². The van der Waals surface area contributed by atoms with Gasteiger partial charge in [-0.2, -0.15) is 5.10 Å². The summed E-state index contributed by atoms with van der Waals surface area (Å²) in [4.78, 5) is 14.0. The van der Waals surface area contributed by atoms with Crippen LogP contribution >= 0.6 is 0 Å². The van der Waals surface area contributed by atoms with Gasteiger partial charge in [-0.05, 0) is 39.5 Å². The van der Waals surface area contributed by atoms with Crippen molar-refractivity contribution in [2.24, 2.45) is 12.5 Å². The summed E-state index contributed by atoms with van der Waals surface area (Å²) in [7, 11) is 1.95. The molecule has 1 aliphatic rings. The van der Waals surface area contributed by atoms with Crippen LogP contribution in [0, 0.1) is 12.3 Å². The van der Waals surface area contributed by atoms with Gasteiger partial charge in [0, 0.05) is 44.5 Å². The van der Waals surface area contributed by atoms with Crippen LogP contribution in [-0.4, -0.2) is 46.0 Å². The summed E-state index contributed by atoms with van der Waals surface area (Å²) in [6.45, 7) is 13.2. The average molecular weight is 322 g/mol. The average Bonchev–Trinajstić information content (AvgIpc) is 2.95. The van der Waals surface area contributed by atoms with Gasteiger partial charge < -0.3 is 15.0 Å². The van der Waals surface area contributed by atoms with Crippen LogP contribution in [0.2, 0.25) is 0 Å². The zero-order chi connectivity index (χ0) is 17.3. The number of nitrogens with zero attached hydrogens (tertiary/aromatic N) is 3. The van der Waals surface area contributed by atoms with Crippen molar-refractivity contribution in [3.63, 3.8) is 0 Å². The molecule has 1 N–H and O–H groups in total. The number of rotatable bonds is 4. The zero-order valence-corrected chi connectivity index (χ0v) is 15.3. The highest BCUT2D eigenvalue weighted by Gasteiger charge is 2.37. The quantitative estimate of drug-likeness (QED) is 0.925. The molecule has 130 valence electrons. The maximum absolute atomic E-state index is 12.2. The number of carbonyl (C=O) groups excluding carboxylic acids is 1. The van der Waals surface area contributed by atoms with Crippen LogP contribution in [0.3, 0.4) is 0 Å². The number of hydrogen-bond donors (Lipinski definition) is 1. The SMILES string of the molecule is Cc1c(CNC[C@]2(C)CCN(C(=O)OC(C)(C)C)C2)cnn1C. The first-order valence-corrected chi connectivity index (χ1v) is 8.26. The minimum absolute atomic E-state index is 0.0903. The van der Waals surface area contributed by atoms with Gasteiger partial charge in [-0.25, -0.2) is 4.79 Å². The fourth-order valence-corrected chi connectivity index (χ4v) is 2.87. The van der Waals surface area contributed by atoms with E-state index in [1.165, 1.54) is 11.3 Å². The number of amides is 1. The molecule has 0 saturated carbocycles. The molecule has 1 fully saturated rings. The minimum atomic E-state index is -0.438. The van der Waals surface area contributed by atoms with Crippen molar-refractivity contribution in [3.8, 4) is 0 Å². The molecular weight excluding hydrogens is 292 g/mol. The Balaban J connectivity index is 1.82. The number of nitrogens with one attached hydrogen (secondary N) is 1. The number of hydrogen-bond acceptors (Lipinski definition) is 4. The van der Waals surface area contributed by atoms with Crippen molar-refractivity contribution < 1.29 is 9.53 Å². The Morgan fingerprint density at radius 1 is 1.48 bits per heavy atom. The molecule has 1 aromatic heterocycles. The molecule has 1 amide bonds. The third-order valence-corrected chi connectivity index (χ3v) is 4.41. The van der Waals surface area contributed by atoms with Crippen LogP contribution in [-0.2, 0) is 18.3 Å². The summed E-state index contributed by atoms with van der Waals surface area (Å²) in [6.07, 6.45) is 2.70. The van der Waals surface area contributed by atoms with Gasteiger partial charge >= 0.3 is 6.09 Å². The Kier molecular flexibility index (Phi) is 5.04. The normalized spacial score (nSPS) is 21.7. The van der Waals surface area contributed by atoms with Gasteiger partial charge in [-0.1, -0.05) is 6.92 Å². The first kappa shape index (κ1) is 17.8. The van der Waals surface area contributed by atoms with Gasteiger partial charge in [0.25, 0.3) is 0 Å². The summed E-state index contributed by atoms with van der Waals surface area (Å²) in [6, 6.07) is 0. The molecule has 2 rings (SSSR count). The van der Waals surface area contributed by atoms with Gasteiger partial charge in [-0.3, -0.25) is 4.68 Å². The summed E-state index contributed by atoms with van der Waals surface area (Å²) >= 11 is 0. The largest absolute Gasteiger partial charge is 0.444 e. The Labute approximate surface area is 139 Å². The van der Waals surface area contributed by atoms with E-state index in [-0.39, 0.29) is 11.5 Å². The Morgan fingerprint density at radius 2 is 2.17 bits per heavy atom. The second-order valence-corrected chi connectivity index (χ2v) is 7.94. The molecule has 0 radical (unpaired) electrons. The molecule has 0 aliphatic carbocycles. The van der Waals surface area contributed by atoms with E-state index in [1.54, 1.807) is 0 Å². The van der Waals surface area contributed by atoms with Crippen molar-refractivity contribution in [2.45, 2.75) is 53.2 Å². The van der Waals surface area contributed by atoms with Crippen molar-refractivity contribution in [1.29, 1.82) is 0 Å². The highest BCUT2D eigenvalue weighted by atomic mass is 16.6. The third kappa shape index (κ3) is 4.70. The molecule has 0 unspecified atom stereocenters. The lowest BCUT2D eigenvalue weighted by Crippen LogP contribution is -2.39. The number of ether oxygens (including phenoxy) is 1. The maximum atomic E-state index is 12.2. The van der Waals surface area contributed by atoms with Crippen molar-refractivity contribution >= 4 is 6.09 Å². The van der Waals surface area contributed by atoms with Crippen molar-refractivity contribution in [3.05, 3.63) is 17.5 Å². The van der Waals surface area contributed by atoms with E-state index in [0.29, 0.717) is 0 Å². The Morgan fingerprint density at radius 3 is 2.74 bits per heavy atom. The molecule has 2 heterocycles. The standard InChI is InChI=1S/C17H30N4O2/c1-13-14(10-19-20(13)6)9-18-11-17(5)7-8-21(12-17)15(22)23-16(2,3)4/h10,18H,7-9,11-12H2,1-6H3/t17-/m0/s1. The Hall–Kier alpha value is -1.56. The molecule has 23 heavy (non-hydrogen) atoms. The molecule has 0 bridgehead atoms. The molecule has 0 spiro atoms. The van der Waals surface area contributed by atoms with Crippen LogP contribution in [0.15, 0.2) is 6.20 Å². The molecule has 1 atom stereocenters. The highest BCUT2D eigenvalue weighted by Crippen LogP contribution is 2.30. The van der Waals surface area contributed by atoms with E-state index in [2.05, 4.69) is 24.3 Å². The molecule has 0 aromatic carbocycles. The van der Waals surface area contributed by atoms with Crippen molar-refractivity contribution in [2.75, 3.05) is 19.6 Å². The molecule has 1 aliphatic heterocycles. The lowest BCUT2D eigenvalue weighted by atomic mass is 9.90. The van der Waals surface area contributed by atoms with Gasteiger partial charge in [0.15, 0.2) is 0 Å². The van der Waals surface area contributed by atoms with Crippen molar-refractivity contribution in [1.82, 2.24) is 20.0 Å². The van der Waals surface area contributed by atoms with Gasteiger partial charge in [0.2, 0.25) is 0 Å². The molecule has 1 aromatic rings. The number of aryl methyl sites for hydroxylation is 1. The number of carbonyl (C=O) groups is 1. The van der Waals surface area contributed by atoms with Gasteiger partial charge in [-0.15, -0.1) is 0 Å². The van der Waals surface area contributed by atoms with Crippen LogP contribution in [0.25, 0.3) is 0 Å². The number of aromatic nitrogens is 2. The second-order valence-electron chi connectivity index (χ2n) is 7.94. The van der Waals surface area contributed by atoms with Crippen LogP contribution in [0.1, 0.15) is 45.4 Å². The lowest BCUT2D eigenvalue weighted by molar-refractivity contribution is 0.0275. The first-order valence-electron chi connectivity index (χ1n) is 8.26. The third-order valence-electron chi connectivity index (χ3n) is 4.41. The summed E-state index contributed by atoms with van der Waals surface area (Å²) in [5.41, 5.74) is 2.06. The molecule has 6 heteroatoms. The van der Waals surface area contributed by atoms with E-state index in [9.17, 15) is 4.79 Å². The van der Waals surface area contributed by atoms with E-state index >= 15 is 0 Å². The van der Waals surface area contributed by atoms with E-state index in [0.717, 1.165) is 32.6 Å². The number of likely N-dealkylation sites (tertiary alicyclic amines) is 1. The van der Waals surface area contributed by atoms with Gasteiger partial charge in [0.05, 0.1) is 6.20 Å². The zero-order valence-electron chi connectivity index (χ0n) is 15.3. The monoisotopic (exact) mass is 322 g/mol. The first-order chi connectivity index (χ1) is 10.6. The summed E-state index contributed by atoms with van der Waals surface area (Å²) in [5.74, 6) is 0. The fraction of sp³-hybridized carbons (Fsp3) is 0.765. The van der Waals surface area contributed by atoms with Gasteiger partial charge in [0.1, 0.15) is 5.60 Å².